The van der Waals surface area contributed by atoms with Crippen molar-refractivity contribution in [1.82, 2.24) is 9.78 Å². The Labute approximate surface area is 155 Å². The van der Waals surface area contributed by atoms with Gasteiger partial charge in [-0.3, -0.25) is 14.3 Å². The van der Waals surface area contributed by atoms with Crippen molar-refractivity contribution < 1.29 is 14.3 Å². The quantitative estimate of drug-likeness (QED) is 0.672. The third-order valence-electron chi connectivity index (χ3n) is 4.48. The van der Waals surface area contributed by atoms with Gasteiger partial charge in [-0.1, -0.05) is 24.3 Å². The average Bonchev–Trinajstić information content (AvgIpc) is 3.15. The molecular formula is C20H14N4O3. The minimum Gasteiger partial charge on any atom is -0.491 e. The number of benzene rings is 2. The second-order valence-corrected chi connectivity index (χ2v) is 6.01. The number of carbonyl (C=O) groups is 2. The molecule has 2 heterocycles. The number of hydrogen-bond acceptors (Lipinski definition) is 5. The summed E-state index contributed by atoms with van der Waals surface area (Å²) in [6.07, 6.45) is 0. The van der Waals surface area contributed by atoms with Gasteiger partial charge in [0.2, 0.25) is 5.82 Å². The van der Waals surface area contributed by atoms with E-state index in [0.29, 0.717) is 28.1 Å². The van der Waals surface area contributed by atoms with Crippen LogP contribution in [0.25, 0.3) is 11.3 Å². The van der Waals surface area contributed by atoms with Crippen LogP contribution in [-0.2, 0) is 7.05 Å². The van der Waals surface area contributed by atoms with E-state index in [0.717, 1.165) is 10.5 Å². The lowest BCUT2D eigenvalue weighted by atomic mass is 10.1. The van der Waals surface area contributed by atoms with Gasteiger partial charge in [-0.2, -0.15) is 5.26 Å². The van der Waals surface area contributed by atoms with E-state index in [1.165, 1.54) is 7.11 Å². The van der Waals surface area contributed by atoms with Crippen LogP contribution in [0.4, 0.5) is 5.82 Å². The Hall–Kier alpha value is -3.92. The molecule has 3 aromatic rings. The fourth-order valence-corrected chi connectivity index (χ4v) is 3.23. The summed E-state index contributed by atoms with van der Waals surface area (Å²) in [7, 11) is 3.17. The number of nitriles is 1. The summed E-state index contributed by atoms with van der Waals surface area (Å²) in [5.74, 6) is -0.404. The van der Waals surface area contributed by atoms with E-state index in [2.05, 4.69) is 11.2 Å². The van der Waals surface area contributed by atoms with Crippen LogP contribution in [0, 0.1) is 11.3 Å². The predicted octanol–water partition coefficient (Wildman–Crippen LogP) is 2.77. The highest BCUT2D eigenvalue weighted by Crippen LogP contribution is 2.40. The third-order valence-corrected chi connectivity index (χ3v) is 4.48. The molecule has 0 radical (unpaired) electrons. The first-order chi connectivity index (χ1) is 13.1. The summed E-state index contributed by atoms with van der Waals surface area (Å²) < 4.78 is 7.08. The standard InChI is InChI=1S/C20H14N4O3/c1-23-16(13-9-7-12(11-21)8-10-13)17(27-2)18(22-23)24-19(25)14-5-3-4-6-15(14)20(24)26/h3-10H,1-2H3. The van der Waals surface area contributed by atoms with Crippen LogP contribution in [0.1, 0.15) is 26.3 Å². The van der Waals surface area contributed by atoms with E-state index >= 15 is 0 Å². The Morgan fingerprint density at radius 2 is 1.59 bits per heavy atom. The minimum atomic E-state index is -0.432. The molecule has 0 spiro atoms. The molecule has 0 aliphatic carbocycles. The number of anilines is 1. The summed E-state index contributed by atoms with van der Waals surface area (Å²) in [5, 5.41) is 13.3. The fraction of sp³-hybridized carbons (Fsp3) is 0.100. The van der Waals surface area contributed by atoms with Gasteiger partial charge in [0, 0.05) is 12.6 Å². The molecule has 1 aliphatic rings. The van der Waals surface area contributed by atoms with Gasteiger partial charge in [0.05, 0.1) is 29.9 Å². The zero-order chi connectivity index (χ0) is 19.1. The second-order valence-electron chi connectivity index (χ2n) is 6.01. The number of aromatic nitrogens is 2. The summed E-state index contributed by atoms with van der Waals surface area (Å²) in [6.45, 7) is 0. The zero-order valence-corrected chi connectivity index (χ0v) is 14.6. The van der Waals surface area contributed by atoms with E-state index in [-0.39, 0.29) is 5.82 Å². The summed E-state index contributed by atoms with van der Waals surface area (Å²) in [5.41, 5.74) is 2.57. The molecule has 1 aliphatic heterocycles. The van der Waals surface area contributed by atoms with Gasteiger partial charge in [-0.25, -0.2) is 4.90 Å². The maximum absolute atomic E-state index is 12.8. The smallest absolute Gasteiger partial charge is 0.267 e. The molecule has 0 N–H and O–H groups in total. The number of fused-ring (bicyclic) bond motifs is 1. The van der Waals surface area contributed by atoms with Crippen LogP contribution >= 0.6 is 0 Å². The Morgan fingerprint density at radius 3 is 2.11 bits per heavy atom. The monoisotopic (exact) mass is 358 g/mol. The second kappa shape index (κ2) is 6.11. The molecule has 7 heteroatoms. The largest absolute Gasteiger partial charge is 0.491 e. The van der Waals surface area contributed by atoms with Crippen molar-refractivity contribution in [2.45, 2.75) is 0 Å². The van der Waals surface area contributed by atoms with Crippen LogP contribution < -0.4 is 9.64 Å². The van der Waals surface area contributed by atoms with Crippen LogP contribution in [0.15, 0.2) is 48.5 Å². The van der Waals surface area contributed by atoms with Gasteiger partial charge in [0.15, 0.2) is 5.75 Å². The van der Waals surface area contributed by atoms with Crippen molar-refractivity contribution in [2.75, 3.05) is 12.0 Å². The van der Waals surface area contributed by atoms with Crippen molar-refractivity contribution in [3.8, 4) is 23.1 Å². The third kappa shape index (κ3) is 2.39. The van der Waals surface area contributed by atoms with Crippen molar-refractivity contribution in [3.05, 3.63) is 65.2 Å². The van der Waals surface area contributed by atoms with Gasteiger partial charge >= 0.3 is 0 Å². The maximum Gasteiger partial charge on any atom is 0.267 e. The molecule has 0 bridgehead atoms. The van der Waals surface area contributed by atoms with Crippen molar-refractivity contribution in [3.63, 3.8) is 0 Å². The highest BCUT2D eigenvalue weighted by molar-refractivity contribution is 6.34. The number of methoxy groups -OCH3 is 1. The first-order valence-corrected chi connectivity index (χ1v) is 8.16. The topological polar surface area (TPSA) is 88.2 Å². The normalized spacial score (nSPS) is 12.9. The molecule has 0 saturated carbocycles. The Kier molecular flexibility index (Phi) is 3.74. The molecule has 4 rings (SSSR count). The van der Waals surface area contributed by atoms with Crippen molar-refractivity contribution in [1.29, 1.82) is 5.26 Å². The highest BCUT2D eigenvalue weighted by Gasteiger charge is 2.40. The zero-order valence-electron chi connectivity index (χ0n) is 14.6. The van der Waals surface area contributed by atoms with E-state index in [9.17, 15) is 9.59 Å². The molecule has 1 aromatic heterocycles. The van der Waals surface area contributed by atoms with Crippen molar-refractivity contribution in [2.24, 2.45) is 7.05 Å². The van der Waals surface area contributed by atoms with Crippen LogP contribution in [0.2, 0.25) is 0 Å². The lowest BCUT2D eigenvalue weighted by molar-refractivity contribution is 0.0924. The number of amides is 2. The van der Waals surface area contributed by atoms with E-state index < -0.39 is 11.8 Å². The first kappa shape index (κ1) is 16.5. The number of nitrogens with zero attached hydrogens (tertiary/aromatic N) is 4. The molecule has 0 atom stereocenters. The first-order valence-electron chi connectivity index (χ1n) is 8.16. The van der Waals surface area contributed by atoms with Crippen LogP contribution in [-0.4, -0.2) is 28.7 Å². The van der Waals surface area contributed by atoms with Gasteiger partial charge in [0.1, 0.15) is 5.69 Å². The van der Waals surface area contributed by atoms with Gasteiger partial charge in [-0.15, -0.1) is 5.10 Å². The molecule has 0 fully saturated rings. The molecule has 2 amide bonds. The van der Waals surface area contributed by atoms with Gasteiger partial charge in [-0.05, 0) is 24.3 Å². The lowest BCUT2D eigenvalue weighted by Crippen LogP contribution is -2.30. The molecular weight excluding hydrogens is 344 g/mol. The van der Waals surface area contributed by atoms with Crippen LogP contribution in [0.5, 0.6) is 5.75 Å². The predicted molar refractivity (Wildman–Crippen MR) is 97.5 cm³/mol. The van der Waals surface area contributed by atoms with E-state index in [4.69, 9.17) is 10.00 Å². The maximum atomic E-state index is 12.8. The fourth-order valence-electron chi connectivity index (χ4n) is 3.23. The number of carbonyl (C=O) groups excluding carboxylic acids is 2. The van der Waals surface area contributed by atoms with E-state index in [1.54, 1.807) is 60.3 Å². The molecule has 132 valence electrons. The average molecular weight is 358 g/mol. The summed E-state index contributed by atoms with van der Waals surface area (Å²) >= 11 is 0. The SMILES string of the molecule is COc1c(N2C(=O)c3ccccc3C2=O)nn(C)c1-c1ccc(C#N)cc1. The minimum absolute atomic E-state index is 0.144. The lowest BCUT2D eigenvalue weighted by Gasteiger charge is -2.12. The Morgan fingerprint density at radius 1 is 1.00 bits per heavy atom. The summed E-state index contributed by atoms with van der Waals surface area (Å²) in [4.78, 5) is 26.6. The Balaban J connectivity index is 1.85. The molecule has 27 heavy (non-hydrogen) atoms. The molecule has 0 unspecified atom stereocenters. The van der Waals surface area contributed by atoms with Crippen LogP contribution in [0.3, 0.4) is 0 Å². The highest BCUT2D eigenvalue weighted by atomic mass is 16.5. The number of rotatable bonds is 3. The van der Waals surface area contributed by atoms with Crippen molar-refractivity contribution >= 4 is 17.6 Å². The Bertz CT molecular complexity index is 1090. The molecule has 2 aromatic carbocycles. The number of aryl methyl sites for hydroxylation is 1. The van der Waals surface area contributed by atoms with Gasteiger partial charge < -0.3 is 4.74 Å². The number of ether oxygens (including phenoxy) is 1. The van der Waals surface area contributed by atoms with Gasteiger partial charge in [0.25, 0.3) is 11.8 Å². The van der Waals surface area contributed by atoms with E-state index in [1.807, 2.05) is 0 Å². The number of hydrogen-bond donors (Lipinski definition) is 0. The summed E-state index contributed by atoms with van der Waals surface area (Å²) in [6, 6.07) is 15.6. The molecule has 0 saturated heterocycles. The molecule has 7 nitrogen and oxygen atoms in total. The number of imide groups is 1.